The smallest absolute Gasteiger partial charge is 0.242 e. The molecule has 0 aromatic rings. The van der Waals surface area contributed by atoms with Gasteiger partial charge in [0, 0.05) is 12.6 Å². The molecule has 16 heavy (non-hydrogen) atoms. The van der Waals surface area contributed by atoms with Crippen molar-refractivity contribution in [1.29, 1.82) is 0 Å². The van der Waals surface area contributed by atoms with Gasteiger partial charge in [-0.05, 0) is 34.6 Å². The van der Waals surface area contributed by atoms with E-state index < -0.39 is 11.5 Å². The SMILES string of the molecule is CC(C)NC(=O)C(C)NC(=O)C(C)(C)CN. The van der Waals surface area contributed by atoms with Crippen molar-refractivity contribution in [3.8, 4) is 0 Å². The maximum Gasteiger partial charge on any atom is 0.242 e. The van der Waals surface area contributed by atoms with Gasteiger partial charge in [-0.15, -0.1) is 0 Å². The summed E-state index contributed by atoms with van der Waals surface area (Å²) in [5, 5.41) is 5.38. The van der Waals surface area contributed by atoms with Crippen molar-refractivity contribution in [3.05, 3.63) is 0 Å². The highest BCUT2D eigenvalue weighted by Crippen LogP contribution is 2.12. The monoisotopic (exact) mass is 229 g/mol. The first-order chi connectivity index (χ1) is 7.20. The molecule has 0 rings (SSSR count). The molecule has 4 N–H and O–H groups in total. The number of nitrogens with two attached hydrogens (primary N) is 1. The summed E-state index contributed by atoms with van der Waals surface area (Å²) in [4.78, 5) is 23.3. The number of carbonyl (C=O) groups is 2. The molecule has 0 heterocycles. The summed E-state index contributed by atoms with van der Waals surface area (Å²) in [7, 11) is 0. The summed E-state index contributed by atoms with van der Waals surface area (Å²) in [5.74, 6) is -0.391. The largest absolute Gasteiger partial charge is 0.352 e. The van der Waals surface area contributed by atoms with Gasteiger partial charge in [0.25, 0.3) is 0 Å². The fraction of sp³-hybridized carbons (Fsp3) is 0.818. The molecule has 1 unspecified atom stereocenters. The Morgan fingerprint density at radius 2 is 1.69 bits per heavy atom. The van der Waals surface area contributed by atoms with Crippen LogP contribution < -0.4 is 16.4 Å². The minimum Gasteiger partial charge on any atom is -0.352 e. The highest BCUT2D eigenvalue weighted by Gasteiger charge is 2.28. The second-order valence-electron chi connectivity index (χ2n) is 4.95. The highest BCUT2D eigenvalue weighted by molar-refractivity contribution is 5.89. The molecule has 94 valence electrons. The average molecular weight is 229 g/mol. The summed E-state index contributed by atoms with van der Waals surface area (Å²) < 4.78 is 0. The third-order valence-electron chi connectivity index (χ3n) is 2.30. The van der Waals surface area contributed by atoms with Crippen LogP contribution in [0, 0.1) is 5.41 Å². The number of nitrogens with one attached hydrogen (secondary N) is 2. The van der Waals surface area contributed by atoms with Gasteiger partial charge in [-0.25, -0.2) is 0 Å². The van der Waals surface area contributed by atoms with Crippen molar-refractivity contribution in [2.24, 2.45) is 11.1 Å². The summed E-state index contributed by atoms with van der Waals surface area (Å²) in [6.45, 7) is 9.14. The normalized spacial score (nSPS) is 13.4. The predicted molar refractivity (Wildman–Crippen MR) is 63.7 cm³/mol. The Hall–Kier alpha value is -1.10. The molecule has 1 atom stereocenters. The molecule has 2 amide bonds. The molecule has 0 bridgehead atoms. The fourth-order valence-electron chi connectivity index (χ4n) is 0.960. The first kappa shape index (κ1) is 14.9. The Morgan fingerprint density at radius 3 is 2.06 bits per heavy atom. The lowest BCUT2D eigenvalue weighted by Crippen LogP contribution is -2.51. The van der Waals surface area contributed by atoms with Gasteiger partial charge in [-0.2, -0.15) is 0 Å². The van der Waals surface area contributed by atoms with Crippen LogP contribution in [0.15, 0.2) is 0 Å². The highest BCUT2D eigenvalue weighted by atomic mass is 16.2. The first-order valence-electron chi connectivity index (χ1n) is 5.52. The van der Waals surface area contributed by atoms with Crippen LogP contribution in [-0.2, 0) is 9.59 Å². The summed E-state index contributed by atoms with van der Waals surface area (Å²) in [5.41, 5.74) is 4.83. The molecule has 0 spiro atoms. The van der Waals surface area contributed by atoms with Gasteiger partial charge in [0.2, 0.25) is 11.8 Å². The Balaban J connectivity index is 4.30. The molecule has 5 heteroatoms. The molecule has 0 aliphatic rings. The Labute approximate surface area is 97.2 Å². The minimum atomic E-state index is -0.646. The van der Waals surface area contributed by atoms with E-state index in [1.54, 1.807) is 20.8 Å². The number of carbonyl (C=O) groups excluding carboxylic acids is 2. The van der Waals surface area contributed by atoms with E-state index in [4.69, 9.17) is 5.73 Å². The van der Waals surface area contributed by atoms with Crippen molar-refractivity contribution in [1.82, 2.24) is 10.6 Å². The Morgan fingerprint density at radius 1 is 1.19 bits per heavy atom. The summed E-state index contributed by atoms with van der Waals surface area (Å²) in [6.07, 6.45) is 0. The second-order valence-corrected chi connectivity index (χ2v) is 4.95. The quantitative estimate of drug-likeness (QED) is 0.620. The van der Waals surface area contributed by atoms with E-state index in [1.807, 2.05) is 13.8 Å². The third-order valence-corrected chi connectivity index (χ3v) is 2.30. The summed E-state index contributed by atoms with van der Waals surface area (Å²) in [6, 6.07) is -0.477. The third kappa shape index (κ3) is 4.61. The maximum absolute atomic E-state index is 11.7. The van der Waals surface area contributed by atoms with Gasteiger partial charge in [0.1, 0.15) is 6.04 Å². The fourth-order valence-corrected chi connectivity index (χ4v) is 0.960. The van der Waals surface area contributed by atoms with Crippen LogP contribution in [0.25, 0.3) is 0 Å². The van der Waals surface area contributed by atoms with Gasteiger partial charge in [0.05, 0.1) is 5.41 Å². The number of hydrogen-bond donors (Lipinski definition) is 3. The van der Waals surface area contributed by atoms with E-state index in [0.29, 0.717) is 0 Å². The van der Waals surface area contributed by atoms with Crippen LogP contribution in [0.1, 0.15) is 34.6 Å². The van der Waals surface area contributed by atoms with Crippen LogP contribution in [0.4, 0.5) is 0 Å². The standard InChI is InChI=1S/C11H23N3O2/c1-7(2)13-9(15)8(3)14-10(16)11(4,5)6-12/h7-8H,6,12H2,1-5H3,(H,13,15)(H,14,16). The van der Waals surface area contributed by atoms with Gasteiger partial charge in [-0.3, -0.25) is 9.59 Å². The molecule has 5 nitrogen and oxygen atoms in total. The van der Waals surface area contributed by atoms with E-state index in [9.17, 15) is 9.59 Å². The van der Waals surface area contributed by atoms with Crippen LogP contribution in [0.5, 0.6) is 0 Å². The second kappa shape index (κ2) is 5.84. The zero-order valence-corrected chi connectivity index (χ0v) is 10.8. The molecule has 0 fully saturated rings. The molecule has 0 saturated carbocycles. The maximum atomic E-state index is 11.7. The van der Waals surface area contributed by atoms with E-state index in [2.05, 4.69) is 10.6 Å². The Kier molecular flexibility index (Phi) is 5.44. The van der Waals surface area contributed by atoms with Crippen molar-refractivity contribution < 1.29 is 9.59 Å². The molecule has 0 aromatic carbocycles. The van der Waals surface area contributed by atoms with Gasteiger partial charge < -0.3 is 16.4 Å². The van der Waals surface area contributed by atoms with Crippen LogP contribution >= 0.6 is 0 Å². The molecule has 0 radical (unpaired) electrons. The zero-order valence-electron chi connectivity index (χ0n) is 10.8. The molecule has 0 saturated heterocycles. The molecule has 0 aliphatic heterocycles. The number of amides is 2. The first-order valence-corrected chi connectivity index (χ1v) is 5.52. The van der Waals surface area contributed by atoms with Crippen molar-refractivity contribution in [3.63, 3.8) is 0 Å². The van der Waals surface area contributed by atoms with E-state index in [0.717, 1.165) is 0 Å². The van der Waals surface area contributed by atoms with Crippen molar-refractivity contribution in [2.75, 3.05) is 6.54 Å². The van der Waals surface area contributed by atoms with Crippen molar-refractivity contribution >= 4 is 11.8 Å². The van der Waals surface area contributed by atoms with E-state index in [-0.39, 0.29) is 24.4 Å². The van der Waals surface area contributed by atoms with Crippen LogP contribution in [-0.4, -0.2) is 30.4 Å². The minimum absolute atomic E-state index is 0.0642. The van der Waals surface area contributed by atoms with Gasteiger partial charge in [0.15, 0.2) is 0 Å². The molecule has 0 aliphatic carbocycles. The lowest BCUT2D eigenvalue weighted by molar-refractivity contribution is -0.133. The molecule has 0 aromatic heterocycles. The molecular weight excluding hydrogens is 206 g/mol. The lowest BCUT2D eigenvalue weighted by atomic mass is 9.92. The van der Waals surface area contributed by atoms with Gasteiger partial charge >= 0.3 is 0 Å². The number of hydrogen-bond acceptors (Lipinski definition) is 3. The lowest BCUT2D eigenvalue weighted by Gasteiger charge is -2.24. The number of rotatable bonds is 5. The van der Waals surface area contributed by atoms with E-state index in [1.165, 1.54) is 0 Å². The zero-order chi connectivity index (χ0) is 12.9. The topological polar surface area (TPSA) is 84.2 Å². The van der Waals surface area contributed by atoms with Crippen LogP contribution in [0.3, 0.4) is 0 Å². The molecular formula is C11H23N3O2. The average Bonchev–Trinajstić information content (AvgIpc) is 2.16. The van der Waals surface area contributed by atoms with Crippen LogP contribution in [0.2, 0.25) is 0 Å². The predicted octanol–water partition coefficient (Wildman–Crippen LogP) is 0.000600. The Bertz CT molecular complexity index is 262. The van der Waals surface area contributed by atoms with E-state index >= 15 is 0 Å². The van der Waals surface area contributed by atoms with Gasteiger partial charge in [-0.1, -0.05) is 0 Å². The summed E-state index contributed by atoms with van der Waals surface area (Å²) >= 11 is 0. The van der Waals surface area contributed by atoms with Crippen molar-refractivity contribution in [2.45, 2.75) is 46.7 Å².